The molecule has 0 saturated carbocycles. The molecule has 0 aliphatic rings. The van der Waals surface area contributed by atoms with E-state index >= 15 is 0 Å². The number of hydrogen-bond donors (Lipinski definition) is 0. The van der Waals surface area contributed by atoms with E-state index in [4.69, 9.17) is 0 Å². The van der Waals surface area contributed by atoms with Crippen molar-refractivity contribution in [1.82, 2.24) is 4.57 Å². The van der Waals surface area contributed by atoms with E-state index in [9.17, 15) is 0 Å². The van der Waals surface area contributed by atoms with Gasteiger partial charge in [0.15, 0.2) is 0 Å². The molecule has 29 heavy (non-hydrogen) atoms. The van der Waals surface area contributed by atoms with Crippen LogP contribution in [0.25, 0.3) is 21.5 Å². The predicted octanol–water partition coefficient (Wildman–Crippen LogP) is 5.74. The molecule has 4 aromatic carbocycles. The Morgan fingerprint density at radius 2 is 1.28 bits per heavy atom. The maximum atomic E-state index is 2.38. The molecule has 2 nitrogen and oxygen atoms in total. The Balaban J connectivity index is 1.43. The minimum Gasteiger partial charge on any atom is -0.230 e. The molecule has 0 bridgehead atoms. The summed E-state index contributed by atoms with van der Waals surface area (Å²) in [6.07, 6.45) is 5.44. The average molecular weight is 378 g/mol. The second kappa shape index (κ2) is 7.56. The van der Waals surface area contributed by atoms with E-state index in [1.807, 2.05) is 0 Å². The largest absolute Gasteiger partial charge is 0.256 e. The van der Waals surface area contributed by atoms with Gasteiger partial charge in [-0.1, -0.05) is 79.7 Å². The lowest BCUT2D eigenvalue weighted by Gasteiger charge is -2.06. The van der Waals surface area contributed by atoms with E-state index in [1.54, 1.807) is 0 Å². The molecule has 1 heterocycles. The van der Waals surface area contributed by atoms with E-state index in [1.165, 1.54) is 38.5 Å². The molecule has 0 fully saturated rings. The smallest absolute Gasteiger partial charge is 0.230 e. The molecule has 0 aliphatic carbocycles. The second-order valence-electron chi connectivity index (χ2n) is 7.69. The molecule has 0 spiro atoms. The summed E-state index contributed by atoms with van der Waals surface area (Å²) in [5, 5.41) is 5.20. The minimum absolute atomic E-state index is 0.902. The van der Waals surface area contributed by atoms with E-state index in [2.05, 4.69) is 113 Å². The van der Waals surface area contributed by atoms with E-state index in [0.29, 0.717) is 0 Å². The second-order valence-corrected chi connectivity index (χ2v) is 7.69. The third kappa shape index (κ3) is 3.54. The van der Waals surface area contributed by atoms with Gasteiger partial charge in [0.2, 0.25) is 0 Å². The number of fused-ring (bicyclic) bond motifs is 2. The highest BCUT2D eigenvalue weighted by Gasteiger charge is 2.16. The van der Waals surface area contributed by atoms with E-state index in [0.717, 1.165) is 19.5 Å². The highest BCUT2D eigenvalue weighted by atomic mass is 15.1. The van der Waals surface area contributed by atoms with E-state index in [-0.39, 0.29) is 0 Å². The van der Waals surface area contributed by atoms with Crippen LogP contribution >= 0.6 is 0 Å². The zero-order chi connectivity index (χ0) is 19.6. The SMILES string of the molecule is CCc1n(Cc2ccc3ccccc3c2)cc[n+]1Cc1ccc2ccccc2c1. The quantitative estimate of drug-likeness (QED) is 0.345. The molecule has 1 aromatic heterocycles. The molecule has 0 N–H and O–H groups in total. The monoisotopic (exact) mass is 377 g/mol. The van der Waals surface area contributed by atoms with Crippen LogP contribution in [0.2, 0.25) is 0 Å². The van der Waals surface area contributed by atoms with Crippen LogP contribution in [0.5, 0.6) is 0 Å². The van der Waals surface area contributed by atoms with Gasteiger partial charge in [-0.25, -0.2) is 9.13 Å². The van der Waals surface area contributed by atoms with Crippen molar-refractivity contribution >= 4 is 21.5 Å². The molecule has 2 heteroatoms. The minimum atomic E-state index is 0.902. The summed E-state index contributed by atoms with van der Waals surface area (Å²) in [6.45, 7) is 4.04. The van der Waals surface area contributed by atoms with Crippen molar-refractivity contribution in [2.75, 3.05) is 0 Å². The predicted molar refractivity (Wildman–Crippen MR) is 120 cm³/mol. The zero-order valence-electron chi connectivity index (χ0n) is 16.8. The summed E-state index contributed by atoms with van der Waals surface area (Å²) >= 11 is 0. The number of hydrogen-bond acceptors (Lipinski definition) is 0. The molecular weight excluding hydrogens is 352 g/mol. The van der Waals surface area contributed by atoms with Crippen LogP contribution in [0.1, 0.15) is 23.9 Å². The van der Waals surface area contributed by atoms with Crippen molar-refractivity contribution in [2.45, 2.75) is 26.4 Å². The van der Waals surface area contributed by atoms with Crippen molar-refractivity contribution in [3.05, 3.63) is 114 Å². The summed E-state index contributed by atoms with van der Waals surface area (Å²) in [5.74, 6) is 1.35. The molecule has 5 rings (SSSR count). The molecule has 0 atom stereocenters. The van der Waals surface area contributed by atoms with Crippen LogP contribution in [-0.4, -0.2) is 4.57 Å². The Labute approximate surface area is 171 Å². The van der Waals surface area contributed by atoms with Gasteiger partial charge in [0.1, 0.15) is 25.5 Å². The van der Waals surface area contributed by atoms with Crippen molar-refractivity contribution in [3.8, 4) is 0 Å². The fourth-order valence-corrected chi connectivity index (χ4v) is 4.26. The molecule has 0 amide bonds. The lowest BCUT2D eigenvalue weighted by molar-refractivity contribution is -0.695. The highest BCUT2D eigenvalue weighted by molar-refractivity contribution is 5.83. The summed E-state index contributed by atoms with van der Waals surface area (Å²) < 4.78 is 4.76. The maximum absolute atomic E-state index is 2.38. The van der Waals surface area contributed by atoms with Gasteiger partial charge < -0.3 is 0 Å². The Kier molecular flexibility index (Phi) is 4.61. The first kappa shape index (κ1) is 17.7. The number of benzene rings is 4. The van der Waals surface area contributed by atoms with Gasteiger partial charge in [0.05, 0.1) is 0 Å². The first-order valence-electron chi connectivity index (χ1n) is 10.3. The molecule has 0 aliphatic heterocycles. The number of rotatable bonds is 5. The maximum Gasteiger partial charge on any atom is 0.256 e. The van der Waals surface area contributed by atoms with Crippen LogP contribution in [0.15, 0.2) is 97.3 Å². The third-order valence-corrected chi connectivity index (χ3v) is 5.74. The van der Waals surface area contributed by atoms with Crippen LogP contribution in [0, 0.1) is 0 Å². The first-order chi connectivity index (χ1) is 14.3. The Morgan fingerprint density at radius 1 is 0.690 bits per heavy atom. The number of nitrogens with zero attached hydrogens (tertiary/aromatic N) is 2. The van der Waals surface area contributed by atoms with Crippen molar-refractivity contribution in [3.63, 3.8) is 0 Å². The van der Waals surface area contributed by atoms with Gasteiger partial charge in [0.25, 0.3) is 5.82 Å². The fraction of sp³-hybridized carbons (Fsp3) is 0.148. The van der Waals surface area contributed by atoms with Crippen LogP contribution in [-0.2, 0) is 19.5 Å². The molecule has 5 aromatic rings. The van der Waals surface area contributed by atoms with Gasteiger partial charge >= 0.3 is 0 Å². The number of imidazole rings is 1. The third-order valence-electron chi connectivity index (χ3n) is 5.74. The van der Waals surface area contributed by atoms with Crippen molar-refractivity contribution in [1.29, 1.82) is 0 Å². The summed E-state index contributed by atoms with van der Waals surface area (Å²) in [4.78, 5) is 0. The summed E-state index contributed by atoms with van der Waals surface area (Å²) in [7, 11) is 0. The van der Waals surface area contributed by atoms with Gasteiger partial charge in [0, 0.05) is 6.42 Å². The molecular formula is C27H25N2+. The lowest BCUT2D eigenvalue weighted by Crippen LogP contribution is -2.37. The van der Waals surface area contributed by atoms with E-state index < -0.39 is 0 Å². The van der Waals surface area contributed by atoms with Crippen LogP contribution in [0.3, 0.4) is 0 Å². The molecule has 0 radical (unpaired) electrons. The Hall–Kier alpha value is -3.39. The van der Waals surface area contributed by atoms with Crippen molar-refractivity contribution in [2.24, 2.45) is 0 Å². The molecule has 0 unspecified atom stereocenters. The van der Waals surface area contributed by atoms with Gasteiger partial charge in [-0.3, -0.25) is 0 Å². The first-order valence-corrected chi connectivity index (χ1v) is 10.3. The topological polar surface area (TPSA) is 8.81 Å². The van der Waals surface area contributed by atoms with Crippen molar-refractivity contribution < 1.29 is 4.57 Å². The zero-order valence-corrected chi connectivity index (χ0v) is 16.8. The summed E-state index contributed by atoms with van der Waals surface area (Å²) in [5.41, 5.74) is 2.68. The highest BCUT2D eigenvalue weighted by Crippen LogP contribution is 2.18. The Morgan fingerprint density at radius 3 is 1.93 bits per heavy atom. The van der Waals surface area contributed by atoms with Crippen LogP contribution < -0.4 is 4.57 Å². The van der Waals surface area contributed by atoms with Gasteiger partial charge in [-0.15, -0.1) is 0 Å². The lowest BCUT2D eigenvalue weighted by atomic mass is 10.1. The molecule has 142 valence electrons. The van der Waals surface area contributed by atoms with Crippen LogP contribution in [0.4, 0.5) is 0 Å². The molecule has 0 saturated heterocycles. The standard InChI is InChI=1S/C27H25N2/c1-2-27-28(19-21-11-13-23-7-3-5-9-25(23)17-21)15-16-29(27)20-22-12-14-24-8-4-6-10-26(24)18-22/h3-18H,2,19-20H2,1H3/q+1. The number of aromatic nitrogens is 2. The average Bonchev–Trinajstić information content (AvgIpc) is 3.14. The van der Waals surface area contributed by atoms with Gasteiger partial charge in [-0.05, 0) is 44.8 Å². The van der Waals surface area contributed by atoms with Gasteiger partial charge in [-0.2, -0.15) is 0 Å². The fourth-order valence-electron chi connectivity index (χ4n) is 4.26. The normalized spacial score (nSPS) is 11.3. The summed E-state index contributed by atoms with van der Waals surface area (Å²) in [6, 6.07) is 30.7. The Bertz CT molecular complexity index is 1200.